The van der Waals surface area contributed by atoms with Crippen LogP contribution in [0.1, 0.15) is 34.8 Å². The topological polar surface area (TPSA) is 44.8 Å². The highest BCUT2D eigenvalue weighted by Gasteiger charge is 2.10. The lowest BCUT2D eigenvalue weighted by atomic mass is 10.0. The third-order valence-electron chi connectivity index (χ3n) is 3.86. The first-order valence-electron chi connectivity index (χ1n) is 8.27. The summed E-state index contributed by atoms with van der Waals surface area (Å²) in [5, 5.41) is 0. The van der Waals surface area contributed by atoms with Gasteiger partial charge in [0.15, 0.2) is 17.3 Å². The summed E-state index contributed by atoms with van der Waals surface area (Å²) in [6, 6.07) is 10.9. The van der Waals surface area contributed by atoms with Gasteiger partial charge in [0.2, 0.25) is 0 Å². The van der Waals surface area contributed by atoms with Crippen molar-refractivity contribution >= 4 is 11.9 Å². The van der Waals surface area contributed by atoms with Crippen molar-refractivity contribution in [1.29, 1.82) is 0 Å². The van der Waals surface area contributed by atoms with Gasteiger partial charge >= 0.3 is 0 Å². The number of benzene rings is 2. The molecule has 0 heterocycles. The van der Waals surface area contributed by atoms with Crippen LogP contribution in [0.4, 0.5) is 0 Å². The van der Waals surface area contributed by atoms with Crippen LogP contribution in [0.2, 0.25) is 0 Å². The summed E-state index contributed by atoms with van der Waals surface area (Å²) in [5.41, 5.74) is 2.46. The molecule has 0 bridgehead atoms. The van der Waals surface area contributed by atoms with Crippen LogP contribution in [0, 0.1) is 6.92 Å². The van der Waals surface area contributed by atoms with Crippen molar-refractivity contribution in [2.45, 2.75) is 20.3 Å². The molecule has 0 aromatic heterocycles. The average molecular weight is 340 g/mol. The van der Waals surface area contributed by atoms with Crippen molar-refractivity contribution in [2.24, 2.45) is 0 Å². The molecule has 0 aliphatic heterocycles. The van der Waals surface area contributed by atoms with Gasteiger partial charge in [-0.15, -0.1) is 0 Å². The lowest BCUT2D eigenvalue weighted by Gasteiger charge is -2.12. The smallest absolute Gasteiger partial charge is 0.185 e. The molecule has 25 heavy (non-hydrogen) atoms. The van der Waals surface area contributed by atoms with Crippen molar-refractivity contribution in [1.82, 2.24) is 0 Å². The van der Waals surface area contributed by atoms with E-state index in [0.29, 0.717) is 23.7 Å². The molecule has 2 aromatic carbocycles. The van der Waals surface area contributed by atoms with E-state index in [-0.39, 0.29) is 5.78 Å². The number of rotatable bonds is 8. The van der Waals surface area contributed by atoms with Gasteiger partial charge < -0.3 is 14.2 Å². The first kappa shape index (κ1) is 18.6. The molecule has 0 atom stereocenters. The van der Waals surface area contributed by atoms with Gasteiger partial charge in [0.1, 0.15) is 5.75 Å². The van der Waals surface area contributed by atoms with E-state index >= 15 is 0 Å². The van der Waals surface area contributed by atoms with Crippen LogP contribution >= 0.6 is 0 Å². The molecule has 0 unspecified atom stereocenters. The first-order chi connectivity index (χ1) is 12.1. The van der Waals surface area contributed by atoms with Crippen molar-refractivity contribution in [3.05, 3.63) is 59.2 Å². The maximum Gasteiger partial charge on any atom is 0.185 e. The Morgan fingerprint density at radius 1 is 1.04 bits per heavy atom. The Balaban J connectivity index is 2.15. The fraction of sp³-hybridized carbons (Fsp3) is 0.286. The second-order valence-electron chi connectivity index (χ2n) is 5.59. The Labute approximate surface area is 149 Å². The minimum Gasteiger partial charge on any atom is -0.494 e. The van der Waals surface area contributed by atoms with Gasteiger partial charge in [-0.3, -0.25) is 4.79 Å². The Kier molecular flexibility index (Phi) is 6.63. The Hall–Kier alpha value is -2.75. The summed E-state index contributed by atoms with van der Waals surface area (Å²) < 4.78 is 16.2. The average Bonchev–Trinajstić information content (AvgIpc) is 2.65. The van der Waals surface area contributed by atoms with E-state index in [1.807, 2.05) is 31.2 Å². The Morgan fingerprint density at radius 3 is 2.36 bits per heavy atom. The van der Waals surface area contributed by atoms with Crippen LogP contribution in [0.5, 0.6) is 17.2 Å². The van der Waals surface area contributed by atoms with Crippen LogP contribution in [0.15, 0.2) is 42.5 Å². The SMILES string of the molecule is CCCOc1ccc(C(=O)/C=C/c2ccc(OC)c(OC)c2C)cc1. The van der Waals surface area contributed by atoms with Crippen LogP contribution in [-0.2, 0) is 0 Å². The molecule has 0 radical (unpaired) electrons. The predicted molar refractivity (Wildman–Crippen MR) is 99.9 cm³/mol. The number of methoxy groups -OCH3 is 2. The molecule has 2 aromatic rings. The molecule has 0 aliphatic carbocycles. The summed E-state index contributed by atoms with van der Waals surface area (Å²) in [7, 11) is 3.20. The molecule has 4 heteroatoms. The zero-order valence-electron chi connectivity index (χ0n) is 15.2. The van der Waals surface area contributed by atoms with Gasteiger partial charge in [0.05, 0.1) is 20.8 Å². The highest BCUT2D eigenvalue weighted by molar-refractivity contribution is 6.07. The number of allylic oxidation sites excluding steroid dienone is 1. The molecule has 0 spiro atoms. The number of hydrogen-bond donors (Lipinski definition) is 0. The van der Waals surface area contributed by atoms with E-state index in [0.717, 1.165) is 23.3 Å². The van der Waals surface area contributed by atoms with Crippen LogP contribution in [0.25, 0.3) is 6.08 Å². The molecule has 0 saturated carbocycles. The number of hydrogen-bond acceptors (Lipinski definition) is 4. The van der Waals surface area contributed by atoms with Crippen molar-refractivity contribution in [3.63, 3.8) is 0 Å². The highest BCUT2D eigenvalue weighted by Crippen LogP contribution is 2.33. The van der Waals surface area contributed by atoms with E-state index in [4.69, 9.17) is 14.2 Å². The molecule has 2 rings (SSSR count). The molecule has 0 saturated heterocycles. The maximum atomic E-state index is 12.3. The monoisotopic (exact) mass is 340 g/mol. The molecular formula is C21H24O4. The summed E-state index contributed by atoms with van der Waals surface area (Å²) in [6.45, 7) is 4.66. The van der Waals surface area contributed by atoms with Gasteiger partial charge in [-0.05, 0) is 55.3 Å². The van der Waals surface area contributed by atoms with Crippen LogP contribution in [0.3, 0.4) is 0 Å². The molecule has 0 N–H and O–H groups in total. The zero-order chi connectivity index (χ0) is 18.2. The third kappa shape index (κ3) is 4.63. The molecule has 4 nitrogen and oxygen atoms in total. The number of ether oxygens (including phenoxy) is 3. The summed E-state index contributed by atoms with van der Waals surface area (Å²) in [5.74, 6) is 2.06. The number of carbonyl (C=O) groups is 1. The van der Waals surface area contributed by atoms with Crippen LogP contribution in [-0.4, -0.2) is 26.6 Å². The van der Waals surface area contributed by atoms with Crippen molar-refractivity contribution in [2.75, 3.05) is 20.8 Å². The second kappa shape index (κ2) is 8.92. The Morgan fingerprint density at radius 2 is 1.76 bits per heavy atom. The van der Waals surface area contributed by atoms with Gasteiger partial charge in [0, 0.05) is 11.1 Å². The van der Waals surface area contributed by atoms with E-state index in [2.05, 4.69) is 6.92 Å². The van der Waals surface area contributed by atoms with Gasteiger partial charge in [-0.1, -0.05) is 19.1 Å². The van der Waals surface area contributed by atoms with Gasteiger partial charge in [0.25, 0.3) is 0 Å². The lowest BCUT2D eigenvalue weighted by molar-refractivity contribution is 0.104. The van der Waals surface area contributed by atoms with Crippen molar-refractivity contribution in [3.8, 4) is 17.2 Å². The van der Waals surface area contributed by atoms with E-state index in [9.17, 15) is 4.79 Å². The van der Waals surface area contributed by atoms with E-state index in [1.165, 1.54) is 0 Å². The summed E-state index contributed by atoms with van der Waals surface area (Å²) in [4.78, 5) is 12.3. The van der Waals surface area contributed by atoms with Crippen molar-refractivity contribution < 1.29 is 19.0 Å². The van der Waals surface area contributed by atoms with E-state index in [1.54, 1.807) is 38.5 Å². The Bertz CT molecular complexity index is 745. The minimum absolute atomic E-state index is 0.0590. The maximum absolute atomic E-state index is 12.3. The van der Waals surface area contributed by atoms with E-state index < -0.39 is 0 Å². The largest absolute Gasteiger partial charge is 0.494 e. The molecule has 132 valence electrons. The molecular weight excluding hydrogens is 316 g/mol. The number of ketones is 1. The van der Waals surface area contributed by atoms with Crippen LogP contribution < -0.4 is 14.2 Å². The predicted octanol–water partition coefficient (Wildman–Crippen LogP) is 4.70. The van der Waals surface area contributed by atoms with Gasteiger partial charge in [-0.25, -0.2) is 0 Å². The molecule has 0 fully saturated rings. The summed E-state index contributed by atoms with van der Waals surface area (Å²) in [6.07, 6.45) is 4.31. The second-order valence-corrected chi connectivity index (χ2v) is 5.59. The molecule has 0 aliphatic rings. The normalized spacial score (nSPS) is 10.7. The minimum atomic E-state index is -0.0590. The zero-order valence-corrected chi connectivity index (χ0v) is 15.2. The highest BCUT2D eigenvalue weighted by atomic mass is 16.5. The fourth-order valence-corrected chi connectivity index (χ4v) is 2.47. The summed E-state index contributed by atoms with van der Waals surface area (Å²) >= 11 is 0. The van der Waals surface area contributed by atoms with Gasteiger partial charge in [-0.2, -0.15) is 0 Å². The quantitative estimate of drug-likeness (QED) is 0.516. The standard InChI is InChI=1S/C21H24O4/c1-5-14-25-18-10-6-17(7-11-18)19(22)12-8-16-9-13-20(23-3)21(24-4)15(16)2/h6-13H,5,14H2,1-4H3/b12-8+. The first-order valence-corrected chi connectivity index (χ1v) is 8.27. The molecule has 0 amide bonds. The third-order valence-corrected chi connectivity index (χ3v) is 3.86. The fourth-order valence-electron chi connectivity index (χ4n) is 2.47. The number of carbonyl (C=O) groups excluding carboxylic acids is 1. The lowest BCUT2D eigenvalue weighted by Crippen LogP contribution is -1.98.